The van der Waals surface area contributed by atoms with Crippen LogP contribution in [-0.2, 0) is 4.79 Å². The van der Waals surface area contributed by atoms with Crippen molar-refractivity contribution in [1.29, 1.82) is 0 Å². The minimum Gasteiger partial charge on any atom is -0.339 e. The second-order valence-corrected chi connectivity index (χ2v) is 10.4. The lowest BCUT2D eigenvalue weighted by atomic mass is 9.49. The van der Waals surface area contributed by atoms with Crippen molar-refractivity contribution >= 4 is 11.9 Å². The molecule has 30 heavy (non-hydrogen) atoms. The van der Waals surface area contributed by atoms with Crippen LogP contribution in [0.4, 0.5) is 5.95 Å². The summed E-state index contributed by atoms with van der Waals surface area (Å²) in [7, 11) is 0. The Labute approximate surface area is 179 Å². The number of aryl methyl sites for hydroxylation is 1. The molecule has 5 heteroatoms. The van der Waals surface area contributed by atoms with E-state index in [-0.39, 0.29) is 5.41 Å². The molecule has 1 aromatic carbocycles. The second-order valence-electron chi connectivity index (χ2n) is 10.4. The maximum Gasteiger partial charge on any atom is 0.228 e. The largest absolute Gasteiger partial charge is 0.339 e. The van der Waals surface area contributed by atoms with Crippen molar-refractivity contribution in [2.24, 2.45) is 23.2 Å². The van der Waals surface area contributed by atoms with E-state index in [1.54, 1.807) is 0 Å². The molecule has 1 saturated heterocycles. The fourth-order valence-corrected chi connectivity index (χ4v) is 7.25. The fraction of sp³-hybridized carbons (Fsp3) is 0.600. The highest BCUT2D eigenvalue weighted by Gasteiger charge is 2.55. The minimum absolute atomic E-state index is 0.0166. The Morgan fingerprint density at radius 2 is 1.53 bits per heavy atom. The molecule has 4 bridgehead atoms. The van der Waals surface area contributed by atoms with Crippen molar-refractivity contribution < 1.29 is 4.79 Å². The molecular weight excluding hydrogens is 372 g/mol. The first-order valence-electron chi connectivity index (χ1n) is 11.7. The minimum atomic E-state index is -0.0166. The zero-order chi connectivity index (χ0) is 20.3. The van der Waals surface area contributed by atoms with Crippen LogP contribution >= 0.6 is 0 Å². The first kappa shape index (κ1) is 18.5. The van der Waals surface area contributed by atoms with Crippen LogP contribution in [0.15, 0.2) is 36.7 Å². The van der Waals surface area contributed by atoms with Crippen LogP contribution < -0.4 is 4.90 Å². The summed E-state index contributed by atoms with van der Waals surface area (Å²) in [5.74, 6) is 3.93. The lowest BCUT2D eigenvalue weighted by Crippen LogP contribution is -2.58. The first-order valence-corrected chi connectivity index (χ1v) is 11.7. The van der Waals surface area contributed by atoms with Crippen LogP contribution in [-0.4, -0.2) is 46.5 Å². The summed E-state index contributed by atoms with van der Waals surface area (Å²) in [6, 6.07) is 8.57. The van der Waals surface area contributed by atoms with E-state index in [2.05, 4.69) is 50.5 Å². The summed E-state index contributed by atoms with van der Waals surface area (Å²) in [6.45, 7) is 5.48. The monoisotopic (exact) mass is 404 g/mol. The molecule has 0 spiro atoms. The van der Waals surface area contributed by atoms with Gasteiger partial charge in [0.25, 0.3) is 0 Å². The van der Waals surface area contributed by atoms with Gasteiger partial charge in [0, 0.05) is 44.3 Å². The van der Waals surface area contributed by atoms with Gasteiger partial charge in [-0.2, -0.15) is 0 Å². The number of anilines is 1. The highest BCUT2D eigenvalue weighted by Crippen LogP contribution is 2.60. The number of piperazine rings is 1. The van der Waals surface area contributed by atoms with Gasteiger partial charge in [0.1, 0.15) is 0 Å². The van der Waals surface area contributed by atoms with Gasteiger partial charge >= 0.3 is 0 Å². The fourth-order valence-electron chi connectivity index (χ4n) is 7.25. The standard InChI is InChI=1S/C25H32N4O/c1-18-2-4-22(5-3-18)29-7-6-26-24(29)28-10-8-27(9-11-28)23(30)25-15-19-12-20(16-25)14-21(13-19)17-25/h2-7,19-21H,8-17H2,1H3. The van der Waals surface area contributed by atoms with E-state index in [4.69, 9.17) is 0 Å². The highest BCUT2D eigenvalue weighted by molar-refractivity contribution is 5.83. The number of hydrogen-bond donors (Lipinski definition) is 0. The number of nitrogens with zero attached hydrogens (tertiary/aromatic N) is 4. The van der Waals surface area contributed by atoms with Crippen LogP contribution in [0.25, 0.3) is 5.69 Å². The lowest BCUT2D eigenvalue weighted by molar-refractivity contribution is -0.158. The third-order valence-corrected chi connectivity index (χ3v) is 8.27. The van der Waals surface area contributed by atoms with Crippen molar-refractivity contribution in [3.63, 3.8) is 0 Å². The molecule has 5 aliphatic rings. The summed E-state index contributed by atoms with van der Waals surface area (Å²) in [5.41, 5.74) is 2.38. The maximum absolute atomic E-state index is 13.7. The number of amides is 1. The molecule has 0 unspecified atom stereocenters. The molecule has 7 rings (SSSR count). The van der Waals surface area contributed by atoms with Crippen molar-refractivity contribution in [3.8, 4) is 5.69 Å². The zero-order valence-corrected chi connectivity index (χ0v) is 18.0. The second kappa shape index (κ2) is 6.86. The van der Waals surface area contributed by atoms with E-state index < -0.39 is 0 Å². The molecule has 4 saturated carbocycles. The van der Waals surface area contributed by atoms with Gasteiger partial charge in [0.05, 0.1) is 5.41 Å². The molecule has 1 amide bonds. The van der Waals surface area contributed by atoms with Crippen LogP contribution in [0.1, 0.15) is 44.1 Å². The summed E-state index contributed by atoms with van der Waals surface area (Å²) in [6.07, 6.45) is 11.6. The predicted octanol–water partition coefficient (Wildman–Crippen LogP) is 4.05. The number of imidazole rings is 1. The molecule has 5 fully saturated rings. The number of rotatable bonds is 3. The molecule has 158 valence electrons. The Morgan fingerprint density at radius 3 is 2.13 bits per heavy atom. The number of benzene rings is 1. The van der Waals surface area contributed by atoms with Crippen molar-refractivity contribution in [3.05, 3.63) is 42.2 Å². The first-order chi connectivity index (χ1) is 14.6. The summed E-state index contributed by atoms with van der Waals surface area (Å²) in [5, 5.41) is 0. The number of carbonyl (C=O) groups is 1. The quantitative estimate of drug-likeness (QED) is 0.775. The Kier molecular flexibility index (Phi) is 4.22. The van der Waals surface area contributed by atoms with Crippen molar-refractivity contribution in [2.75, 3.05) is 31.1 Å². The van der Waals surface area contributed by atoms with E-state index in [1.165, 1.54) is 24.8 Å². The lowest BCUT2D eigenvalue weighted by Gasteiger charge is -2.57. The average molecular weight is 405 g/mol. The number of carbonyl (C=O) groups excluding carboxylic acids is 1. The van der Waals surface area contributed by atoms with Gasteiger partial charge in [-0.25, -0.2) is 4.98 Å². The smallest absolute Gasteiger partial charge is 0.228 e. The van der Waals surface area contributed by atoms with Gasteiger partial charge in [-0.3, -0.25) is 9.36 Å². The van der Waals surface area contributed by atoms with Crippen molar-refractivity contribution in [2.45, 2.75) is 45.4 Å². The molecule has 2 heterocycles. The van der Waals surface area contributed by atoms with E-state index in [9.17, 15) is 4.79 Å². The van der Waals surface area contributed by atoms with Crippen LogP contribution in [0.3, 0.4) is 0 Å². The molecule has 4 aliphatic carbocycles. The molecule has 0 N–H and O–H groups in total. The van der Waals surface area contributed by atoms with Crippen LogP contribution in [0.2, 0.25) is 0 Å². The third-order valence-electron chi connectivity index (χ3n) is 8.27. The number of hydrogen-bond acceptors (Lipinski definition) is 3. The topological polar surface area (TPSA) is 41.4 Å². The third kappa shape index (κ3) is 2.97. The number of aromatic nitrogens is 2. The summed E-state index contributed by atoms with van der Waals surface area (Å²) in [4.78, 5) is 22.8. The highest BCUT2D eigenvalue weighted by atomic mass is 16.2. The Morgan fingerprint density at radius 1 is 0.933 bits per heavy atom. The van der Waals surface area contributed by atoms with Crippen LogP contribution in [0, 0.1) is 30.1 Å². The van der Waals surface area contributed by atoms with Gasteiger partial charge in [-0.15, -0.1) is 0 Å². The SMILES string of the molecule is Cc1ccc(-n2ccnc2N2CCN(C(=O)C34CC5CC(CC(C5)C3)C4)CC2)cc1. The van der Waals surface area contributed by atoms with Gasteiger partial charge < -0.3 is 9.80 Å². The van der Waals surface area contributed by atoms with Gasteiger partial charge in [0.2, 0.25) is 11.9 Å². The summed E-state index contributed by atoms with van der Waals surface area (Å²) < 4.78 is 2.16. The zero-order valence-electron chi connectivity index (χ0n) is 18.0. The van der Waals surface area contributed by atoms with E-state index in [0.717, 1.165) is 74.8 Å². The van der Waals surface area contributed by atoms with E-state index >= 15 is 0 Å². The van der Waals surface area contributed by atoms with E-state index in [1.807, 2.05) is 12.4 Å². The maximum atomic E-state index is 13.7. The Hall–Kier alpha value is -2.30. The van der Waals surface area contributed by atoms with Gasteiger partial charge in [0.15, 0.2) is 0 Å². The van der Waals surface area contributed by atoms with Gasteiger partial charge in [-0.05, 0) is 75.3 Å². The normalized spacial score (nSPS) is 32.6. The molecule has 1 aromatic heterocycles. The summed E-state index contributed by atoms with van der Waals surface area (Å²) >= 11 is 0. The predicted molar refractivity (Wildman–Crippen MR) is 118 cm³/mol. The van der Waals surface area contributed by atoms with Crippen molar-refractivity contribution in [1.82, 2.24) is 14.5 Å². The average Bonchev–Trinajstić information content (AvgIpc) is 3.23. The molecule has 5 nitrogen and oxygen atoms in total. The van der Waals surface area contributed by atoms with Gasteiger partial charge in [-0.1, -0.05) is 17.7 Å². The molecule has 0 radical (unpaired) electrons. The Bertz CT molecular complexity index is 903. The molecule has 0 atom stereocenters. The molecular formula is C25H32N4O. The van der Waals surface area contributed by atoms with Crippen LogP contribution in [0.5, 0.6) is 0 Å². The Balaban J connectivity index is 1.16. The molecule has 1 aliphatic heterocycles. The van der Waals surface area contributed by atoms with E-state index in [0.29, 0.717) is 5.91 Å². The molecule has 2 aromatic rings.